The van der Waals surface area contributed by atoms with Gasteiger partial charge in [0.05, 0.1) is 22.2 Å². The molecule has 1 heterocycles. The molecule has 2 aromatic rings. The van der Waals surface area contributed by atoms with E-state index < -0.39 is 24.5 Å². The van der Waals surface area contributed by atoms with E-state index in [9.17, 15) is 18.0 Å². The van der Waals surface area contributed by atoms with Crippen LogP contribution >= 0.6 is 23.2 Å². The van der Waals surface area contributed by atoms with Crippen LogP contribution in [0.5, 0.6) is 5.75 Å². The van der Waals surface area contributed by atoms with Crippen LogP contribution in [0.15, 0.2) is 30.5 Å². The molecule has 0 aliphatic carbocycles. The minimum atomic E-state index is -4.83. The summed E-state index contributed by atoms with van der Waals surface area (Å²) < 4.78 is 40.6. The number of benzene rings is 1. The maximum atomic E-state index is 12.3. The molecule has 0 aliphatic heterocycles. The van der Waals surface area contributed by atoms with Crippen LogP contribution in [0.2, 0.25) is 10.0 Å². The number of hydrogen-bond acceptors (Lipinski definition) is 3. The maximum Gasteiger partial charge on any atom is 0.573 e. The largest absolute Gasteiger partial charge is 0.573 e. The number of halogens is 5. The number of aromatic nitrogens is 1. The van der Waals surface area contributed by atoms with Crippen molar-refractivity contribution >= 4 is 29.2 Å². The summed E-state index contributed by atoms with van der Waals surface area (Å²) in [5, 5.41) is 8.89. The standard InChI is InChI=1S/C14H8Cl2F3NO3/c15-10-6-20-13(12(16)9(10)5-11(21)22)7-2-1-3-8(4-7)23-14(17,18)19/h1-4,6H,5H2,(H,21,22). The quantitative estimate of drug-likeness (QED) is 0.861. The summed E-state index contributed by atoms with van der Waals surface area (Å²) in [6.45, 7) is 0. The van der Waals surface area contributed by atoms with E-state index in [-0.39, 0.29) is 26.9 Å². The highest BCUT2D eigenvalue weighted by molar-refractivity contribution is 6.37. The molecule has 122 valence electrons. The molecule has 4 nitrogen and oxygen atoms in total. The fraction of sp³-hybridized carbons (Fsp3) is 0.143. The Labute approximate surface area is 138 Å². The first-order valence-electron chi connectivity index (χ1n) is 6.08. The molecular formula is C14H8Cl2F3NO3. The van der Waals surface area contributed by atoms with Crippen LogP contribution in [0.4, 0.5) is 13.2 Å². The predicted octanol–water partition coefficient (Wildman–Crippen LogP) is 4.58. The van der Waals surface area contributed by atoms with Crippen molar-refractivity contribution in [3.05, 3.63) is 46.1 Å². The van der Waals surface area contributed by atoms with Crippen LogP contribution in [0, 0.1) is 0 Å². The number of ether oxygens (including phenoxy) is 1. The SMILES string of the molecule is O=C(O)Cc1c(Cl)cnc(-c2cccc(OC(F)(F)F)c2)c1Cl. The van der Waals surface area contributed by atoms with Gasteiger partial charge in [0.15, 0.2) is 0 Å². The molecule has 0 aliphatic rings. The van der Waals surface area contributed by atoms with Crippen molar-refractivity contribution in [3.8, 4) is 17.0 Å². The molecule has 0 unspecified atom stereocenters. The number of rotatable bonds is 4. The number of aliphatic carboxylic acids is 1. The van der Waals surface area contributed by atoms with E-state index in [2.05, 4.69) is 9.72 Å². The van der Waals surface area contributed by atoms with Gasteiger partial charge >= 0.3 is 12.3 Å². The Kier molecular flexibility index (Phi) is 5.01. The molecule has 0 radical (unpaired) electrons. The molecule has 1 N–H and O–H groups in total. The Balaban J connectivity index is 2.46. The van der Waals surface area contributed by atoms with Gasteiger partial charge in [0, 0.05) is 17.3 Å². The Morgan fingerprint density at radius 2 is 2.00 bits per heavy atom. The Morgan fingerprint density at radius 3 is 2.61 bits per heavy atom. The molecule has 0 spiro atoms. The summed E-state index contributed by atoms with van der Waals surface area (Å²) in [5.74, 6) is -1.59. The van der Waals surface area contributed by atoms with E-state index in [4.69, 9.17) is 28.3 Å². The van der Waals surface area contributed by atoms with Crippen LogP contribution in [-0.2, 0) is 11.2 Å². The molecule has 1 aromatic heterocycles. The van der Waals surface area contributed by atoms with E-state index in [1.54, 1.807) is 0 Å². The zero-order chi connectivity index (χ0) is 17.2. The summed E-state index contributed by atoms with van der Waals surface area (Å²) >= 11 is 12.0. The average Bonchev–Trinajstić information content (AvgIpc) is 2.41. The third kappa shape index (κ3) is 4.49. The molecule has 0 saturated carbocycles. The van der Waals surface area contributed by atoms with Gasteiger partial charge in [-0.1, -0.05) is 35.3 Å². The van der Waals surface area contributed by atoms with E-state index >= 15 is 0 Å². The number of alkyl halides is 3. The van der Waals surface area contributed by atoms with Gasteiger partial charge in [-0.2, -0.15) is 0 Å². The van der Waals surface area contributed by atoms with Gasteiger partial charge < -0.3 is 9.84 Å². The highest BCUT2D eigenvalue weighted by Crippen LogP contribution is 2.35. The van der Waals surface area contributed by atoms with Crippen molar-refractivity contribution < 1.29 is 27.8 Å². The van der Waals surface area contributed by atoms with Gasteiger partial charge in [-0.3, -0.25) is 9.78 Å². The first kappa shape index (κ1) is 17.4. The van der Waals surface area contributed by atoms with Crippen molar-refractivity contribution in [1.29, 1.82) is 0 Å². The number of carbonyl (C=O) groups is 1. The molecule has 0 bridgehead atoms. The third-order valence-corrected chi connectivity index (χ3v) is 3.47. The predicted molar refractivity (Wildman–Crippen MR) is 77.7 cm³/mol. The first-order chi connectivity index (χ1) is 10.7. The minimum absolute atomic E-state index is 0.0379. The minimum Gasteiger partial charge on any atom is -0.481 e. The normalized spacial score (nSPS) is 11.3. The van der Waals surface area contributed by atoms with Gasteiger partial charge in [0.25, 0.3) is 0 Å². The number of nitrogens with zero attached hydrogens (tertiary/aromatic N) is 1. The fourth-order valence-electron chi connectivity index (χ4n) is 1.86. The van der Waals surface area contributed by atoms with Crippen LogP contribution < -0.4 is 4.74 Å². The lowest BCUT2D eigenvalue weighted by molar-refractivity contribution is -0.274. The lowest BCUT2D eigenvalue weighted by atomic mass is 10.1. The summed E-state index contributed by atoms with van der Waals surface area (Å²) in [5.41, 5.74) is 0.480. The van der Waals surface area contributed by atoms with Crippen molar-refractivity contribution in [2.24, 2.45) is 0 Å². The number of carboxylic acid groups (broad SMARTS) is 1. The van der Waals surface area contributed by atoms with E-state index in [0.29, 0.717) is 0 Å². The summed E-state index contributed by atoms with van der Waals surface area (Å²) in [6, 6.07) is 5.02. The average molecular weight is 366 g/mol. The lowest BCUT2D eigenvalue weighted by Crippen LogP contribution is -2.17. The molecule has 2 rings (SSSR count). The molecule has 0 saturated heterocycles. The van der Waals surface area contributed by atoms with Crippen LogP contribution in [0.1, 0.15) is 5.56 Å². The third-order valence-electron chi connectivity index (χ3n) is 2.74. The molecule has 1 aromatic carbocycles. The Morgan fingerprint density at radius 1 is 1.30 bits per heavy atom. The number of carboxylic acids is 1. The highest BCUT2D eigenvalue weighted by atomic mass is 35.5. The Bertz CT molecular complexity index is 751. The molecule has 9 heteroatoms. The van der Waals surface area contributed by atoms with Crippen LogP contribution in [0.25, 0.3) is 11.3 Å². The second-order valence-electron chi connectivity index (χ2n) is 4.39. The first-order valence-corrected chi connectivity index (χ1v) is 6.84. The van der Waals surface area contributed by atoms with Crippen LogP contribution in [-0.4, -0.2) is 22.4 Å². The van der Waals surface area contributed by atoms with E-state index in [1.165, 1.54) is 18.3 Å². The van der Waals surface area contributed by atoms with Gasteiger partial charge in [-0.25, -0.2) is 0 Å². The maximum absolute atomic E-state index is 12.3. The summed E-state index contributed by atoms with van der Waals surface area (Å²) in [4.78, 5) is 14.8. The van der Waals surface area contributed by atoms with E-state index in [0.717, 1.165) is 12.1 Å². The molecule has 0 fully saturated rings. The monoisotopic (exact) mass is 365 g/mol. The molecular weight excluding hydrogens is 358 g/mol. The zero-order valence-corrected chi connectivity index (χ0v) is 12.7. The molecule has 0 atom stereocenters. The lowest BCUT2D eigenvalue weighted by Gasteiger charge is -2.12. The van der Waals surface area contributed by atoms with Gasteiger partial charge in [0.1, 0.15) is 5.75 Å². The smallest absolute Gasteiger partial charge is 0.481 e. The summed E-state index contributed by atoms with van der Waals surface area (Å²) in [7, 11) is 0. The zero-order valence-electron chi connectivity index (χ0n) is 11.2. The molecule has 0 amide bonds. The number of hydrogen-bond donors (Lipinski definition) is 1. The van der Waals surface area contributed by atoms with Crippen LogP contribution in [0.3, 0.4) is 0 Å². The summed E-state index contributed by atoms with van der Waals surface area (Å²) in [6.07, 6.45) is -4.07. The second-order valence-corrected chi connectivity index (χ2v) is 5.18. The second kappa shape index (κ2) is 6.64. The van der Waals surface area contributed by atoms with Crippen molar-refractivity contribution in [2.75, 3.05) is 0 Å². The molecule has 23 heavy (non-hydrogen) atoms. The Hall–Kier alpha value is -1.99. The van der Waals surface area contributed by atoms with Crippen molar-refractivity contribution in [2.45, 2.75) is 12.8 Å². The van der Waals surface area contributed by atoms with Crippen molar-refractivity contribution in [1.82, 2.24) is 4.98 Å². The highest BCUT2D eigenvalue weighted by Gasteiger charge is 2.31. The van der Waals surface area contributed by atoms with E-state index in [1.807, 2.05) is 0 Å². The topological polar surface area (TPSA) is 59.4 Å². The van der Waals surface area contributed by atoms with Gasteiger partial charge in [-0.15, -0.1) is 13.2 Å². The fourth-order valence-corrected chi connectivity index (χ4v) is 2.44. The van der Waals surface area contributed by atoms with Gasteiger partial charge in [0.2, 0.25) is 0 Å². The van der Waals surface area contributed by atoms with Gasteiger partial charge in [-0.05, 0) is 12.1 Å². The van der Waals surface area contributed by atoms with Crippen molar-refractivity contribution in [3.63, 3.8) is 0 Å². The number of pyridine rings is 1.